The second kappa shape index (κ2) is 9.26. The predicted molar refractivity (Wildman–Crippen MR) is 109 cm³/mol. The third-order valence-electron chi connectivity index (χ3n) is 4.54. The molecule has 0 saturated heterocycles. The first-order valence-electron chi connectivity index (χ1n) is 9.56. The van der Waals surface area contributed by atoms with Gasteiger partial charge in [-0.15, -0.1) is 0 Å². The first-order valence-corrected chi connectivity index (χ1v) is 9.56. The third kappa shape index (κ3) is 5.61. The highest BCUT2D eigenvalue weighted by Crippen LogP contribution is 2.28. The average molecular weight is 368 g/mol. The molecule has 0 aromatic heterocycles. The van der Waals surface area contributed by atoms with Crippen LogP contribution in [0.15, 0.2) is 41.4 Å². The van der Waals surface area contributed by atoms with Crippen LogP contribution in [0.5, 0.6) is 5.75 Å². The highest BCUT2D eigenvalue weighted by Gasteiger charge is 2.28. The summed E-state index contributed by atoms with van der Waals surface area (Å²) in [6.07, 6.45) is 2.06. The van der Waals surface area contributed by atoms with Gasteiger partial charge >= 0.3 is 0 Å². The van der Waals surface area contributed by atoms with Crippen LogP contribution in [0.4, 0.5) is 0 Å². The fraction of sp³-hybridized carbons (Fsp3) is 0.429. The van der Waals surface area contributed by atoms with Crippen molar-refractivity contribution < 1.29 is 9.53 Å². The maximum absolute atomic E-state index is 11.6. The molecule has 1 fully saturated rings. The molecule has 27 heavy (non-hydrogen) atoms. The summed E-state index contributed by atoms with van der Waals surface area (Å²) in [5.41, 5.74) is 1.15. The Kier molecular flexibility index (Phi) is 6.52. The number of amides is 1. The first kappa shape index (κ1) is 19.0. The van der Waals surface area contributed by atoms with Crippen LogP contribution in [0.2, 0.25) is 0 Å². The number of aliphatic imine (C=N–C) groups is 1. The molecule has 1 aliphatic rings. The molecule has 2 aromatic carbocycles. The Balaban J connectivity index is 1.55. The molecule has 0 radical (unpaired) electrons. The zero-order chi connectivity index (χ0) is 19.1. The van der Waals surface area contributed by atoms with E-state index in [2.05, 4.69) is 45.2 Å². The van der Waals surface area contributed by atoms with Crippen LogP contribution in [0.1, 0.15) is 25.3 Å². The maximum Gasteiger partial charge on any atom is 0.223 e. The normalized spacial score (nSPS) is 14.1. The van der Waals surface area contributed by atoms with Crippen LogP contribution in [-0.4, -0.2) is 38.6 Å². The third-order valence-corrected chi connectivity index (χ3v) is 4.54. The van der Waals surface area contributed by atoms with E-state index < -0.39 is 0 Å². The lowest BCUT2D eigenvalue weighted by Gasteiger charge is -2.12. The van der Waals surface area contributed by atoms with Crippen molar-refractivity contribution in [1.29, 1.82) is 0 Å². The average Bonchev–Trinajstić information content (AvgIpc) is 3.54. The number of nitrogens with one attached hydrogen (secondary N) is 3. The number of carbonyl (C=O) groups is 1. The molecule has 1 aliphatic carbocycles. The summed E-state index contributed by atoms with van der Waals surface area (Å²) < 4.78 is 5.27. The van der Waals surface area contributed by atoms with Gasteiger partial charge in [-0.3, -0.25) is 4.79 Å². The van der Waals surface area contributed by atoms with E-state index in [4.69, 9.17) is 4.74 Å². The van der Waals surface area contributed by atoms with Gasteiger partial charge in [-0.25, -0.2) is 4.99 Å². The van der Waals surface area contributed by atoms with Crippen molar-refractivity contribution in [3.63, 3.8) is 0 Å². The highest BCUT2D eigenvalue weighted by molar-refractivity contribution is 5.85. The Labute approximate surface area is 160 Å². The Morgan fingerprint density at radius 3 is 2.56 bits per heavy atom. The van der Waals surface area contributed by atoms with Gasteiger partial charge in [0.15, 0.2) is 5.96 Å². The van der Waals surface area contributed by atoms with Gasteiger partial charge in [-0.1, -0.05) is 18.2 Å². The molecule has 0 aliphatic heterocycles. The smallest absolute Gasteiger partial charge is 0.223 e. The van der Waals surface area contributed by atoms with Crippen LogP contribution < -0.4 is 20.7 Å². The zero-order valence-electron chi connectivity index (χ0n) is 16.0. The SMILES string of the molecule is CCNC(=NCc1ccc2cc(OC)ccc2c1)NCCNC(=O)C1CC1. The van der Waals surface area contributed by atoms with Crippen LogP contribution >= 0.6 is 0 Å². The fourth-order valence-electron chi connectivity index (χ4n) is 2.87. The molecular weight excluding hydrogens is 340 g/mol. The lowest BCUT2D eigenvalue weighted by atomic mass is 10.1. The number of guanidine groups is 1. The number of carbonyl (C=O) groups excluding carboxylic acids is 1. The van der Waals surface area contributed by atoms with Gasteiger partial charge in [0.05, 0.1) is 13.7 Å². The van der Waals surface area contributed by atoms with E-state index >= 15 is 0 Å². The minimum Gasteiger partial charge on any atom is -0.497 e. The molecule has 0 bridgehead atoms. The number of methoxy groups -OCH3 is 1. The summed E-state index contributed by atoms with van der Waals surface area (Å²) in [7, 11) is 1.68. The largest absolute Gasteiger partial charge is 0.497 e. The number of ether oxygens (including phenoxy) is 1. The molecule has 3 N–H and O–H groups in total. The fourth-order valence-corrected chi connectivity index (χ4v) is 2.87. The molecule has 6 heteroatoms. The second-order valence-electron chi connectivity index (χ2n) is 6.73. The number of nitrogens with zero attached hydrogens (tertiary/aromatic N) is 1. The molecule has 6 nitrogen and oxygen atoms in total. The van der Waals surface area contributed by atoms with Crippen molar-refractivity contribution in [2.24, 2.45) is 10.9 Å². The monoisotopic (exact) mass is 368 g/mol. The summed E-state index contributed by atoms with van der Waals surface area (Å²) >= 11 is 0. The minimum atomic E-state index is 0.173. The molecule has 0 spiro atoms. The van der Waals surface area contributed by atoms with Crippen LogP contribution in [-0.2, 0) is 11.3 Å². The summed E-state index contributed by atoms with van der Waals surface area (Å²) in [5.74, 6) is 2.04. The predicted octanol–water partition coefficient (Wildman–Crippen LogP) is 2.43. The van der Waals surface area contributed by atoms with Gasteiger partial charge in [-0.2, -0.15) is 0 Å². The van der Waals surface area contributed by atoms with E-state index in [1.54, 1.807) is 7.11 Å². The second-order valence-corrected chi connectivity index (χ2v) is 6.73. The van der Waals surface area contributed by atoms with E-state index in [0.29, 0.717) is 19.6 Å². The molecule has 0 heterocycles. The van der Waals surface area contributed by atoms with Gasteiger partial charge in [0.1, 0.15) is 5.75 Å². The van der Waals surface area contributed by atoms with Crippen LogP contribution in [0.3, 0.4) is 0 Å². The summed E-state index contributed by atoms with van der Waals surface area (Å²) in [5, 5.41) is 11.8. The van der Waals surface area contributed by atoms with Gasteiger partial charge in [-0.05, 0) is 54.3 Å². The molecule has 0 unspecified atom stereocenters. The summed E-state index contributed by atoms with van der Waals surface area (Å²) in [6.45, 7) is 4.68. The molecule has 2 aromatic rings. The van der Waals surface area contributed by atoms with Crippen LogP contribution in [0, 0.1) is 5.92 Å². The van der Waals surface area contributed by atoms with Gasteiger partial charge in [0, 0.05) is 25.6 Å². The molecule has 1 amide bonds. The Hall–Kier alpha value is -2.76. The first-order chi connectivity index (χ1) is 13.2. The van der Waals surface area contributed by atoms with E-state index in [1.807, 2.05) is 19.1 Å². The van der Waals surface area contributed by atoms with Gasteiger partial charge < -0.3 is 20.7 Å². The lowest BCUT2D eigenvalue weighted by Crippen LogP contribution is -2.41. The molecule has 1 saturated carbocycles. The van der Waals surface area contributed by atoms with Crippen molar-refractivity contribution in [2.75, 3.05) is 26.7 Å². The topological polar surface area (TPSA) is 74.8 Å². The lowest BCUT2D eigenvalue weighted by molar-refractivity contribution is -0.122. The molecular formula is C21H28N4O2. The van der Waals surface area contributed by atoms with Crippen molar-refractivity contribution in [1.82, 2.24) is 16.0 Å². The highest BCUT2D eigenvalue weighted by atomic mass is 16.5. The molecule has 0 atom stereocenters. The van der Waals surface area contributed by atoms with E-state index in [-0.39, 0.29) is 11.8 Å². The standard InChI is InChI=1S/C21H28N4O2/c1-3-22-21(24-11-10-23-20(26)16-6-7-16)25-14-15-4-5-18-13-19(27-2)9-8-17(18)12-15/h4-5,8-9,12-13,16H,3,6-7,10-11,14H2,1-2H3,(H,23,26)(H2,22,24,25). The van der Waals surface area contributed by atoms with E-state index in [0.717, 1.165) is 42.0 Å². The van der Waals surface area contributed by atoms with Gasteiger partial charge in [0.25, 0.3) is 0 Å². The number of hydrogen-bond donors (Lipinski definition) is 3. The minimum absolute atomic E-state index is 0.173. The van der Waals surface area contributed by atoms with Crippen LogP contribution in [0.25, 0.3) is 10.8 Å². The molecule has 3 rings (SSSR count). The zero-order valence-corrected chi connectivity index (χ0v) is 16.0. The molecule has 144 valence electrons. The van der Waals surface area contributed by atoms with Crippen molar-refractivity contribution >= 4 is 22.6 Å². The number of benzene rings is 2. The van der Waals surface area contributed by atoms with E-state index in [1.165, 1.54) is 5.39 Å². The number of fused-ring (bicyclic) bond motifs is 1. The van der Waals surface area contributed by atoms with Crippen molar-refractivity contribution in [2.45, 2.75) is 26.3 Å². The van der Waals surface area contributed by atoms with Crippen molar-refractivity contribution in [3.05, 3.63) is 42.0 Å². The quantitative estimate of drug-likeness (QED) is 0.380. The number of rotatable bonds is 8. The summed E-state index contributed by atoms with van der Waals surface area (Å²) in [6, 6.07) is 12.4. The maximum atomic E-state index is 11.6. The Morgan fingerprint density at radius 1 is 1.07 bits per heavy atom. The Bertz CT molecular complexity index is 815. The summed E-state index contributed by atoms with van der Waals surface area (Å²) in [4.78, 5) is 16.3. The Morgan fingerprint density at radius 2 is 1.81 bits per heavy atom. The van der Waals surface area contributed by atoms with E-state index in [9.17, 15) is 4.79 Å². The number of hydrogen-bond acceptors (Lipinski definition) is 3. The van der Waals surface area contributed by atoms with Gasteiger partial charge in [0.2, 0.25) is 5.91 Å². The van der Waals surface area contributed by atoms with Crippen molar-refractivity contribution in [3.8, 4) is 5.75 Å².